The van der Waals surface area contributed by atoms with Crippen LogP contribution in [0.3, 0.4) is 0 Å². The van der Waals surface area contributed by atoms with E-state index in [4.69, 9.17) is 11.6 Å². The van der Waals surface area contributed by atoms with Gasteiger partial charge in [0, 0.05) is 37.7 Å². The fraction of sp³-hybridized carbons (Fsp3) is 0.529. The predicted octanol–water partition coefficient (Wildman–Crippen LogP) is 2.73. The molecule has 0 aliphatic carbocycles. The molecule has 3 amide bonds. The Hall–Kier alpha value is -1.82. The van der Waals surface area contributed by atoms with Crippen LogP contribution in [0.2, 0.25) is 5.02 Å². The average Bonchev–Trinajstić information content (AvgIpc) is 3.08. The number of hydrogen-bond acceptors (Lipinski definition) is 2. The summed E-state index contributed by atoms with van der Waals surface area (Å²) in [5.41, 5.74) is 0.708. The number of hydrogen-bond donors (Lipinski definition) is 0. The van der Waals surface area contributed by atoms with Crippen LogP contribution in [0.5, 0.6) is 0 Å². The largest absolute Gasteiger partial charge is 0.341 e. The average molecular weight is 354 g/mol. The first kappa shape index (κ1) is 17.0. The van der Waals surface area contributed by atoms with E-state index in [1.807, 2.05) is 4.90 Å². The minimum atomic E-state index is -0.397. The Morgan fingerprint density at radius 1 is 1.08 bits per heavy atom. The Balaban J connectivity index is 1.62. The number of likely N-dealkylation sites (tertiary alicyclic amines) is 1. The third-order valence-corrected chi connectivity index (χ3v) is 4.91. The van der Waals surface area contributed by atoms with Gasteiger partial charge < -0.3 is 14.7 Å². The van der Waals surface area contributed by atoms with Crippen molar-refractivity contribution < 1.29 is 14.0 Å². The highest BCUT2D eigenvalue weighted by molar-refractivity contribution is 6.31. The zero-order valence-corrected chi connectivity index (χ0v) is 14.3. The van der Waals surface area contributed by atoms with Gasteiger partial charge in [-0.3, -0.25) is 4.79 Å². The molecule has 5 nitrogen and oxygen atoms in total. The molecule has 24 heavy (non-hydrogen) atoms. The number of rotatable bonds is 4. The normalized spacial score (nSPS) is 18.4. The maximum Gasteiger partial charge on any atom is 0.320 e. The first-order valence-electron chi connectivity index (χ1n) is 8.30. The van der Waals surface area contributed by atoms with E-state index >= 15 is 0 Å². The van der Waals surface area contributed by atoms with Crippen LogP contribution in [0.25, 0.3) is 0 Å². The third kappa shape index (κ3) is 3.80. The fourth-order valence-corrected chi connectivity index (χ4v) is 3.45. The molecule has 0 N–H and O–H groups in total. The number of halogens is 2. The molecule has 2 fully saturated rings. The Morgan fingerprint density at radius 2 is 1.79 bits per heavy atom. The van der Waals surface area contributed by atoms with Gasteiger partial charge in [0.2, 0.25) is 5.91 Å². The summed E-state index contributed by atoms with van der Waals surface area (Å²) in [6.45, 7) is 3.23. The quantitative estimate of drug-likeness (QED) is 0.835. The van der Waals surface area contributed by atoms with Crippen LogP contribution in [0.15, 0.2) is 18.2 Å². The molecule has 7 heteroatoms. The second-order valence-electron chi connectivity index (χ2n) is 6.30. The summed E-state index contributed by atoms with van der Waals surface area (Å²) < 4.78 is 13.1. The Morgan fingerprint density at radius 3 is 2.50 bits per heavy atom. The summed E-state index contributed by atoms with van der Waals surface area (Å²) >= 11 is 6.05. The highest BCUT2D eigenvalue weighted by Gasteiger charge is 2.29. The van der Waals surface area contributed by atoms with Gasteiger partial charge in [-0.2, -0.15) is 0 Å². The summed E-state index contributed by atoms with van der Waals surface area (Å²) in [7, 11) is 0. The predicted molar refractivity (Wildman–Crippen MR) is 89.2 cm³/mol. The van der Waals surface area contributed by atoms with Gasteiger partial charge in [0.05, 0.1) is 0 Å². The van der Waals surface area contributed by atoms with Crippen LogP contribution in [0.4, 0.5) is 9.18 Å². The van der Waals surface area contributed by atoms with Crippen molar-refractivity contribution in [2.45, 2.75) is 25.8 Å². The van der Waals surface area contributed by atoms with Crippen LogP contribution >= 0.6 is 11.6 Å². The molecule has 0 radical (unpaired) electrons. The van der Waals surface area contributed by atoms with Crippen LogP contribution in [0, 0.1) is 5.82 Å². The van der Waals surface area contributed by atoms with Gasteiger partial charge in [-0.15, -0.1) is 0 Å². The minimum Gasteiger partial charge on any atom is -0.341 e. The SMILES string of the molecule is O=C(CN1CCCN(Cc2ccc(F)cc2Cl)C1=O)N1CCCC1. The van der Waals surface area contributed by atoms with Gasteiger partial charge >= 0.3 is 6.03 Å². The van der Waals surface area contributed by atoms with E-state index in [0.29, 0.717) is 30.2 Å². The smallest absolute Gasteiger partial charge is 0.320 e. The van der Waals surface area contributed by atoms with Crippen molar-refractivity contribution in [1.82, 2.24) is 14.7 Å². The number of carbonyl (C=O) groups excluding carboxylic acids is 2. The van der Waals surface area contributed by atoms with Crippen LogP contribution in [-0.4, -0.2) is 59.4 Å². The Kier molecular flexibility index (Phi) is 5.23. The van der Waals surface area contributed by atoms with Gasteiger partial charge in [0.15, 0.2) is 0 Å². The molecule has 1 aromatic rings. The maximum atomic E-state index is 13.1. The summed E-state index contributed by atoms with van der Waals surface area (Å²) in [6, 6.07) is 4.03. The molecule has 0 unspecified atom stereocenters. The molecular formula is C17H21ClFN3O2. The zero-order chi connectivity index (χ0) is 17.1. The second kappa shape index (κ2) is 7.38. The van der Waals surface area contributed by atoms with Crippen LogP contribution < -0.4 is 0 Å². The minimum absolute atomic E-state index is 0.0162. The van der Waals surface area contributed by atoms with E-state index in [1.54, 1.807) is 15.9 Å². The molecule has 3 rings (SSSR count). The molecule has 0 spiro atoms. The van der Waals surface area contributed by atoms with E-state index in [-0.39, 0.29) is 18.5 Å². The molecule has 0 bridgehead atoms. The van der Waals surface area contributed by atoms with Crippen molar-refractivity contribution in [3.8, 4) is 0 Å². The number of benzene rings is 1. The maximum absolute atomic E-state index is 13.1. The highest BCUT2D eigenvalue weighted by atomic mass is 35.5. The van der Waals surface area contributed by atoms with Crippen molar-refractivity contribution in [1.29, 1.82) is 0 Å². The number of nitrogens with zero attached hydrogens (tertiary/aromatic N) is 3. The van der Waals surface area contributed by atoms with Gasteiger partial charge in [-0.05, 0) is 37.0 Å². The molecule has 130 valence electrons. The van der Waals surface area contributed by atoms with Crippen molar-refractivity contribution in [2.24, 2.45) is 0 Å². The standard InChI is InChI=1S/C17H21ClFN3O2/c18-15-10-14(19)5-4-13(15)11-21-8-3-9-22(17(21)24)12-16(23)20-6-1-2-7-20/h4-5,10H,1-3,6-9,11-12H2. The lowest BCUT2D eigenvalue weighted by Crippen LogP contribution is -2.52. The molecule has 1 aromatic carbocycles. The van der Waals surface area contributed by atoms with E-state index in [1.165, 1.54) is 12.1 Å². The molecule has 2 aliphatic rings. The highest BCUT2D eigenvalue weighted by Crippen LogP contribution is 2.21. The third-order valence-electron chi connectivity index (χ3n) is 4.56. The van der Waals surface area contributed by atoms with Crippen LogP contribution in [-0.2, 0) is 11.3 Å². The van der Waals surface area contributed by atoms with E-state index in [0.717, 1.165) is 32.4 Å². The molecular weight excluding hydrogens is 333 g/mol. The van der Waals surface area contributed by atoms with Crippen molar-refractivity contribution in [2.75, 3.05) is 32.7 Å². The second-order valence-corrected chi connectivity index (χ2v) is 6.71. The zero-order valence-electron chi connectivity index (χ0n) is 13.5. The number of carbonyl (C=O) groups is 2. The summed E-state index contributed by atoms with van der Waals surface area (Å²) in [4.78, 5) is 30.0. The van der Waals surface area contributed by atoms with Crippen molar-refractivity contribution in [3.63, 3.8) is 0 Å². The number of urea groups is 1. The lowest BCUT2D eigenvalue weighted by Gasteiger charge is -2.36. The van der Waals surface area contributed by atoms with Crippen LogP contribution in [0.1, 0.15) is 24.8 Å². The first-order valence-corrected chi connectivity index (χ1v) is 8.68. The lowest BCUT2D eigenvalue weighted by atomic mass is 10.2. The van der Waals surface area contributed by atoms with E-state index in [9.17, 15) is 14.0 Å². The first-order chi connectivity index (χ1) is 11.5. The Bertz CT molecular complexity index is 634. The lowest BCUT2D eigenvalue weighted by molar-refractivity contribution is -0.131. The fourth-order valence-electron chi connectivity index (χ4n) is 3.22. The van der Waals surface area contributed by atoms with Gasteiger partial charge in [0.25, 0.3) is 0 Å². The monoisotopic (exact) mass is 353 g/mol. The summed E-state index contributed by atoms with van der Waals surface area (Å²) in [5.74, 6) is -0.380. The topological polar surface area (TPSA) is 43.9 Å². The molecule has 0 saturated carbocycles. The number of amides is 3. The molecule has 0 aromatic heterocycles. The van der Waals surface area contributed by atoms with Gasteiger partial charge in [0.1, 0.15) is 12.4 Å². The molecule has 2 saturated heterocycles. The molecule has 2 aliphatic heterocycles. The summed E-state index contributed by atoms with van der Waals surface area (Å²) in [6.07, 6.45) is 2.88. The summed E-state index contributed by atoms with van der Waals surface area (Å²) in [5, 5.41) is 0.313. The van der Waals surface area contributed by atoms with Crippen molar-refractivity contribution >= 4 is 23.5 Å². The van der Waals surface area contributed by atoms with Gasteiger partial charge in [-0.25, -0.2) is 9.18 Å². The van der Waals surface area contributed by atoms with Crippen molar-refractivity contribution in [3.05, 3.63) is 34.6 Å². The molecule has 2 heterocycles. The van der Waals surface area contributed by atoms with E-state index < -0.39 is 5.82 Å². The van der Waals surface area contributed by atoms with Gasteiger partial charge in [-0.1, -0.05) is 17.7 Å². The van der Waals surface area contributed by atoms with E-state index in [2.05, 4.69) is 0 Å². The molecule has 0 atom stereocenters. The Labute approximate surface area is 146 Å².